The molecule has 4 heterocycles. The van der Waals surface area contributed by atoms with Crippen LogP contribution in [0.4, 0.5) is 15.1 Å². The molecule has 0 radical (unpaired) electrons. The molecule has 0 spiro atoms. The second-order valence-corrected chi connectivity index (χ2v) is 8.68. The van der Waals surface area contributed by atoms with Crippen LogP contribution in [0.2, 0.25) is 0 Å². The van der Waals surface area contributed by atoms with Gasteiger partial charge in [0.15, 0.2) is 5.69 Å². The first-order chi connectivity index (χ1) is 17.5. The van der Waals surface area contributed by atoms with E-state index in [1.165, 1.54) is 28.3 Å². The number of halogens is 1. The zero-order valence-electron chi connectivity index (χ0n) is 20.3. The van der Waals surface area contributed by atoms with E-state index in [-0.39, 0.29) is 22.5 Å². The maximum atomic E-state index is 13.5. The lowest BCUT2D eigenvalue weighted by Crippen LogP contribution is -2.49. The first-order valence-electron chi connectivity index (χ1n) is 11.6. The molecule has 1 fully saturated rings. The van der Waals surface area contributed by atoms with Crippen molar-refractivity contribution in [2.75, 3.05) is 43.9 Å². The number of nitrogens with zero attached hydrogens (tertiary/aromatic N) is 5. The van der Waals surface area contributed by atoms with Gasteiger partial charge in [0, 0.05) is 36.9 Å². The summed E-state index contributed by atoms with van der Waals surface area (Å²) >= 11 is 1.21. The number of anilines is 2. The van der Waals surface area contributed by atoms with Crippen LogP contribution in [0.15, 0.2) is 52.8 Å². The fourth-order valence-corrected chi connectivity index (χ4v) is 4.79. The number of aromatic nitrogens is 3. The minimum atomic E-state index is -0.533. The van der Waals surface area contributed by atoms with Gasteiger partial charge < -0.3 is 20.3 Å². The van der Waals surface area contributed by atoms with Crippen molar-refractivity contribution in [3.63, 3.8) is 0 Å². The van der Waals surface area contributed by atoms with Crippen LogP contribution >= 0.6 is 11.3 Å². The van der Waals surface area contributed by atoms with Gasteiger partial charge in [0.1, 0.15) is 5.75 Å². The topological polar surface area (TPSA) is 107 Å². The van der Waals surface area contributed by atoms with Crippen LogP contribution in [-0.2, 0) is 0 Å². The maximum Gasteiger partial charge on any atom is 0.282 e. The van der Waals surface area contributed by atoms with Crippen LogP contribution in [0.25, 0.3) is 16.5 Å². The van der Waals surface area contributed by atoms with Gasteiger partial charge in [-0.05, 0) is 36.4 Å². The number of ether oxygens (including phenoxy) is 1. The summed E-state index contributed by atoms with van der Waals surface area (Å²) in [6, 6.07) is 9.82. The number of piperazine rings is 1. The quantitative estimate of drug-likeness (QED) is 0.419. The molecule has 1 amide bonds. The van der Waals surface area contributed by atoms with Crippen LogP contribution in [0.1, 0.15) is 24.3 Å². The molecule has 11 heteroatoms. The van der Waals surface area contributed by atoms with Gasteiger partial charge in [-0.15, -0.1) is 11.3 Å². The summed E-state index contributed by atoms with van der Waals surface area (Å²) in [5, 5.41) is 7.24. The summed E-state index contributed by atoms with van der Waals surface area (Å²) in [5.41, 5.74) is 7.19. The van der Waals surface area contributed by atoms with Crippen molar-refractivity contribution in [3.05, 3.63) is 70.0 Å². The molecule has 188 valence electrons. The Balaban J connectivity index is 0.00000148. The Morgan fingerprint density at radius 3 is 2.33 bits per heavy atom. The molecule has 0 bridgehead atoms. The Morgan fingerprint density at radius 2 is 1.72 bits per heavy atom. The number of nitrogen functional groups attached to an aromatic ring is 1. The molecule has 1 aliphatic heterocycles. The van der Waals surface area contributed by atoms with Crippen molar-refractivity contribution < 1.29 is 13.9 Å². The highest BCUT2D eigenvalue weighted by molar-refractivity contribution is 7.15. The number of rotatable bonds is 4. The zero-order chi connectivity index (χ0) is 25.8. The van der Waals surface area contributed by atoms with Gasteiger partial charge in [-0.3, -0.25) is 9.59 Å². The number of pyridine rings is 1. The molecule has 0 aliphatic carbocycles. The van der Waals surface area contributed by atoms with Gasteiger partial charge in [-0.2, -0.15) is 14.2 Å². The van der Waals surface area contributed by atoms with Crippen molar-refractivity contribution in [1.29, 1.82) is 0 Å². The lowest BCUT2D eigenvalue weighted by atomic mass is 10.2. The second kappa shape index (κ2) is 10.7. The van der Waals surface area contributed by atoms with E-state index in [9.17, 15) is 14.0 Å². The summed E-state index contributed by atoms with van der Waals surface area (Å²) in [6.07, 6.45) is 1.48. The number of nitrogens with two attached hydrogens (primary N) is 1. The van der Waals surface area contributed by atoms with Gasteiger partial charge >= 0.3 is 0 Å². The number of thiophene rings is 1. The summed E-state index contributed by atoms with van der Waals surface area (Å²) < 4.78 is 19.5. The summed E-state index contributed by atoms with van der Waals surface area (Å²) in [6.45, 7) is 6.01. The van der Waals surface area contributed by atoms with Gasteiger partial charge in [0.2, 0.25) is 5.95 Å². The van der Waals surface area contributed by atoms with Gasteiger partial charge in [0.25, 0.3) is 11.5 Å². The molecule has 5 rings (SSSR count). The predicted molar refractivity (Wildman–Crippen MR) is 140 cm³/mol. The van der Waals surface area contributed by atoms with E-state index >= 15 is 0 Å². The minimum absolute atomic E-state index is 0.176. The molecule has 0 unspecified atom stereocenters. The third kappa shape index (κ3) is 4.74. The lowest BCUT2D eigenvalue weighted by Gasteiger charge is -2.35. The highest BCUT2D eigenvalue weighted by atomic mass is 32.1. The average Bonchev–Trinajstić information content (AvgIpc) is 3.32. The molecular formula is C25H27FN6O3S. The molecular weight excluding hydrogens is 483 g/mol. The van der Waals surface area contributed by atoms with Crippen LogP contribution in [0.3, 0.4) is 0 Å². The number of carbonyl (C=O) groups is 1. The highest BCUT2D eigenvalue weighted by Gasteiger charge is 2.27. The Labute approximate surface area is 211 Å². The number of methoxy groups -OCH3 is 1. The standard InChI is InChI=1S/C23H21FN6O3S.C2H6/c1-33-16-5-2-14(3-6-16)30-22(31)19-17(13-34-21(19)25)20(27-30)23(32)29-10-8-28(9-11-29)15-4-7-18(24)26-12-15;1-2/h2-7,12-13H,8-11,25H2,1H3;1-2H3. The second-order valence-electron chi connectivity index (χ2n) is 7.77. The fourth-order valence-electron chi connectivity index (χ4n) is 4.00. The molecule has 2 N–H and O–H groups in total. The number of hydrogen-bond acceptors (Lipinski definition) is 8. The Hall–Kier alpha value is -3.99. The average molecular weight is 511 g/mol. The summed E-state index contributed by atoms with van der Waals surface area (Å²) in [5.74, 6) is -0.171. The third-order valence-electron chi connectivity index (χ3n) is 5.84. The molecule has 4 aromatic rings. The predicted octanol–water partition coefficient (Wildman–Crippen LogP) is 3.56. The first kappa shape index (κ1) is 25.1. The first-order valence-corrected chi connectivity index (χ1v) is 12.4. The van der Waals surface area contributed by atoms with Crippen molar-refractivity contribution >= 4 is 38.7 Å². The Bertz CT molecular complexity index is 1410. The van der Waals surface area contributed by atoms with Crippen molar-refractivity contribution in [2.24, 2.45) is 0 Å². The van der Waals surface area contributed by atoms with E-state index in [0.717, 1.165) is 5.69 Å². The molecule has 3 aromatic heterocycles. The number of carbonyl (C=O) groups excluding carboxylic acids is 1. The minimum Gasteiger partial charge on any atom is -0.497 e. The SMILES string of the molecule is CC.COc1ccc(-n2nc(C(=O)N3CCN(c4ccc(F)nc4)CC3)c3csc(N)c3c2=O)cc1. The third-order valence-corrected chi connectivity index (χ3v) is 6.66. The fraction of sp³-hybridized carbons (Fsp3) is 0.280. The molecule has 0 saturated carbocycles. The summed E-state index contributed by atoms with van der Waals surface area (Å²) in [7, 11) is 1.56. The normalized spacial score (nSPS) is 13.3. The van der Waals surface area contributed by atoms with Crippen LogP contribution < -0.4 is 20.9 Å². The van der Waals surface area contributed by atoms with E-state index in [1.54, 1.807) is 47.7 Å². The van der Waals surface area contributed by atoms with E-state index in [1.807, 2.05) is 18.7 Å². The lowest BCUT2D eigenvalue weighted by molar-refractivity contribution is 0.0741. The number of fused-ring (bicyclic) bond motifs is 1. The molecule has 1 aliphatic rings. The number of benzene rings is 1. The van der Waals surface area contributed by atoms with E-state index < -0.39 is 5.95 Å². The molecule has 0 atom stereocenters. The zero-order valence-corrected chi connectivity index (χ0v) is 21.1. The Morgan fingerprint density at radius 1 is 1.06 bits per heavy atom. The monoisotopic (exact) mass is 510 g/mol. The maximum absolute atomic E-state index is 13.5. The van der Waals surface area contributed by atoms with E-state index in [4.69, 9.17) is 10.5 Å². The van der Waals surface area contributed by atoms with Gasteiger partial charge in [-0.25, -0.2) is 4.98 Å². The smallest absolute Gasteiger partial charge is 0.282 e. The summed E-state index contributed by atoms with van der Waals surface area (Å²) in [4.78, 5) is 34.1. The van der Waals surface area contributed by atoms with Crippen LogP contribution in [0.5, 0.6) is 5.75 Å². The van der Waals surface area contributed by atoms with Crippen LogP contribution in [-0.4, -0.2) is 58.9 Å². The van der Waals surface area contributed by atoms with Crippen molar-refractivity contribution in [1.82, 2.24) is 19.7 Å². The number of amides is 1. The highest BCUT2D eigenvalue weighted by Crippen LogP contribution is 2.28. The van der Waals surface area contributed by atoms with E-state index in [0.29, 0.717) is 48.0 Å². The van der Waals surface area contributed by atoms with E-state index in [2.05, 4.69) is 10.1 Å². The molecule has 1 saturated heterocycles. The van der Waals surface area contributed by atoms with Gasteiger partial charge in [-0.1, -0.05) is 13.8 Å². The number of hydrogen-bond donors (Lipinski definition) is 1. The molecule has 36 heavy (non-hydrogen) atoms. The van der Waals surface area contributed by atoms with Crippen LogP contribution in [0, 0.1) is 5.95 Å². The molecule has 9 nitrogen and oxygen atoms in total. The largest absolute Gasteiger partial charge is 0.497 e. The van der Waals surface area contributed by atoms with Gasteiger partial charge in [0.05, 0.1) is 35.1 Å². The van der Waals surface area contributed by atoms with Crippen molar-refractivity contribution in [3.8, 4) is 11.4 Å². The molecule has 1 aromatic carbocycles. The Kier molecular flexibility index (Phi) is 7.49. The van der Waals surface area contributed by atoms with Crippen molar-refractivity contribution in [2.45, 2.75) is 13.8 Å².